The third kappa shape index (κ3) is 1.96. The lowest BCUT2D eigenvalue weighted by molar-refractivity contribution is 0.0736. The lowest BCUT2D eigenvalue weighted by Gasteiger charge is -2.11. The topological polar surface area (TPSA) is 85.7 Å². The molecule has 0 aliphatic carbocycles. The molecule has 3 atom stereocenters. The van der Waals surface area contributed by atoms with Crippen molar-refractivity contribution in [3.63, 3.8) is 0 Å². The Morgan fingerprint density at radius 3 is 2.95 bits per heavy atom. The number of aliphatic hydroxyl groups excluding tert-OH is 1. The Labute approximate surface area is 125 Å². The smallest absolute Gasteiger partial charge is 0.327 e. The van der Waals surface area contributed by atoms with E-state index in [0.29, 0.717) is 17.5 Å². The molecule has 1 fully saturated rings. The van der Waals surface area contributed by atoms with Gasteiger partial charge in [0.15, 0.2) is 5.82 Å². The van der Waals surface area contributed by atoms with Crippen LogP contribution in [0.4, 0.5) is 14.6 Å². The van der Waals surface area contributed by atoms with E-state index >= 15 is 0 Å². The van der Waals surface area contributed by atoms with Crippen molar-refractivity contribution in [2.75, 3.05) is 5.73 Å². The first-order chi connectivity index (χ1) is 9.52. The monoisotopic (exact) mass is 394 g/mol. The lowest BCUT2D eigenvalue weighted by atomic mass is 10.1. The first-order valence-electron chi connectivity index (χ1n) is 5.61. The van der Waals surface area contributed by atoms with Crippen molar-refractivity contribution in [1.29, 1.82) is 0 Å². The number of halogens is 3. The Morgan fingerprint density at radius 2 is 2.25 bits per heavy atom. The number of nitrogens with zero attached hydrogens (tertiary/aromatic N) is 3. The second-order valence-corrected chi connectivity index (χ2v) is 5.47. The third-order valence-corrected chi connectivity index (χ3v) is 4.07. The van der Waals surface area contributed by atoms with E-state index in [1.54, 1.807) is 12.1 Å². The summed E-state index contributed by atoms with van der Waals surface area (Å²) in [5.41, 5.74) is 6.41. The molecule has 0 radical (unpaired) electrons. The molecule has 1 aliphatic rings. The average molecular weight is 394 g/mol. The van der Waals surface area contributed by atoms with Crippen molar-refractivity contribution in [2.24, 2.45) is 0 Å². The zero-order chi connectivity index (χ0) is 14.4. The molecule has 1 aliphatic heterocycles. The molecule has 2 aromatic rings. The second-order valence-electron chi connectivity index (χ2n) is 4.24. The highest BCUT2D eigenvalue weighted by Gasteiger charge is 2.40. The molecule has 0 saturated carbocycles. The van der Waals surface area contributed by atoms with Crippen molar-refractivity contribution < 1.29 is 18.6 Å². The molecule has 0 spiro atoms. The van der Waals surface area contributed by atoms with E-state index in [1.807, 2.05) is 22.6 Å². The van der Waals surface area contributed by atoms with E-state index < -0.39 is 22.4 Å². The molecular formula is C11H9F2IN4O2. The molecule has 0 bridgehead atoms. The van der Waals surface area contributed by atoms with Crippen molar-refractivity contribution in [1.82, 2.24) is 14.6 Å². The Bertz CT molecular complexity index is 705. The van der Waals surface area contributed by atoms with Crippen LogP contribution in [0.2, 0.25) is 0 Å². The molecule has 106 valence electrons. The van der Waals surface area contributed by atoms with Gasteiger partial charge in [-0.1, -0.05) is 0 Å². The fraction of sp³-hybridized carbons (Fsp3) is 0.273. The molecule has 6 nitrogen and oxygen atoms in total. The van der Waals surface area contributed by atoms with Gasteiger partial charge in [-0.2, -0.15) is 9.37 Å². The van der Waals surface area contributed by atoms with Crippen LogP contribution in [0.1, 0.15) is 11.8 Å². The average Bonchev–Trinajstić information content (AvgIpc) is 2.92. The van der Waals surface area contributed by atoms with Crippen molar-refractivity contribution in [3.8, 4) is 0 Å². The normalized spacial score (nSPS) is 28.6. The van der Waals surface area contributed by atoms with Gasteiger partial charge in [0.2, 0.25) is 0 Å². The summed E-state index contributed by atoms with van der Waals surface area (Å²) < 4.78 is 32.3. The summed E-state index contributed by atoms with van der Waals surface area (Å²) in [4.78, 5) is 3.41. The number of fused-ring (bicyclic) bond motifs is 1. The minimum absolute atomic E-state index is 0.0286. The third-order valence-electron chi connectivity index (χ3n) is 3.10. The maximum atomic E-state index is 13.3. The van der Waals surface area contributed by atoms with E-state index in [1.165, 1.54) is 4.52 Å². The van der Waals surface area contributed by atoms with Gasteiger partial charge in [-0.05, 0) is 34.7 Å². The van der Waals surface area contributed by atoms with Crippen LogP contribution < -0.4 is 5.73 Å². The number of nitrogens with two attached hydrogens (primary N) is 1. The molecule has 20 heavy (non-hydrogen) atoms. The zero-order valence-corrected chi connectivity index (χ0v) is 12.0. The number of anilines is 1. The predicted octanol–water partition coefficient (Wildman–Crippen LogP) is 1.50. The predicted molar refractivity (Wildman–Crippen MR) is 74.2 cm³/mol. The summed E-state index contributed by atoms with van der Waals surface area (Å²) in [5.74, 6) is -0.0286. The molecule has 1 unspecified atom stereocenters. The van der Waals surface area contributed by atoms with Crippen LogP contribution in [0.15, 0.2) is 24.0 Å². The minimum atomic E-state index is -1.07. The van der Waals surface area contributed by atoms with E-state index in [-0.39, 0.29) is 11.4 Å². The van der Waals surface area contributed by atoms with Gasteiger partial charge in [0.1, 0.15) is 21.8 Å². The summed E-state index contributed by atoms with van der Waals surface area (Å²) in [6.45, 7) is 0. The molecule has 3 rings (SSSR count). The van der Waals surface area contributed by atoms with Crippen LogP contribution in [0.3, 0.4) is 0 Å². The van der Waals surface area contributed by atoms with Gasteiger partial charge >= 0.3 is 6.08 Å². The van der Waals surface area contributed by atoms with Gasteiger partial charge < -0.3 is 15.6 Å². The van der Waals surface area contributed by atoms with Gasteiger partial charge in [-0.25, -0.2) is 8.91 Å². The summed E-state index contributed by atoms with van der Waals surface area (Å²) in [7, 11) is 0. The highest BCUT2D eigenvalue weighted by molar-refractivity contribution is 14.1. The fourth-order valence-electron chi connectivity index (χ4n) is 2.16. The Morgan fingerprint density at radius 1 is 1.50 bits per heavy atom. The number of hydrogen-bond acceptors (Lipinski definition) is 5. The van der Waals surface area contributed by atoms with Crippen molar-refractivity contribution in [2.45, 2.75) is 16.3 Å². The maximum absolute atomic E-state index is 13.3. The second kappa shape index (κ2) is 4.90. The quantitative estimate of drug-likeness (QED) is 0.566. The molecule has 9 heteroatoms. The van der Waals surface area contributed by atoms with Crippen LogP contribution in [0.25, 0.3) is 5.52 Å². The fourth-order valence-corrected chi connectivity index (χ4v) is 2.87. The van der Waals surface area contributed by atoms with E-state index in [0.717, 1.165) is 0 Å². The number of nitrogen functional groups attached to an aromatic ring is 1. The molecule has 1 saturated heterocycles. The summed E-state index contributed by atoms with van der Waals surface area (Å²) in [6.07, 6.45) is -2.62. The molecule has 0 aromatic carbocycles. The van der Waals surface area contributed by atoms with Gasteiger partial charge in [0.05, 0.1) is 12.0 Å². The van der Waals surface area contributed by atoms with Crippen LogP contribution in [0.5, 0.6) is 0 Å². The largest absolute Gasteiger partial charge is 0.385 e. The lowest BCUT2D eigenvalue weighted by Crippen LogP contribution is -2.14. The maximum Gasteiger partial charge on any atom is 0.327 e. The highest BCUT2D eigenvalue weighted by atomic mass is 127. The van der Waals surface area contributed by atoms with Crippen LogP contribution in [-0.4, -0.2) is 29.9 Å². The number of ether oxygens (including phenoxy) is 1. The molecule has 3 heterocycles. The summed E-state index contributed by atoms with van der Waals surface area (Å²) in [6, 6.07) is 3.16. The standard InChI is InChI=1S/C11H9F2IN4O2/c12-3-4-7(19)9(14)20-8(4)5-1-2-6-10(15)16-11(13)17-18(5)6/h1-3,7-9,19H,(H2,15,16,17)/t7-,8+,9?/m1/s1. The number of rotatable bonds is 1. The number of alkyl halides is 1. The van der Waals surface area contributed by atoms with E-state index in [2.05, 4.69) is 10.1 Å². The summed E-state index contributed by atoms with van der Waals surface area (Å²) in [5, 5.41) is 13.4. The number of aliphatic hydroxyl groups is 1. The number of aromatic nitrogens is 3. The van der Waals surface area contributed by atoms with Gasteiger partial charge in [0.25, 0.3) is 0 Å². The van der Waals surface area contributed by atoms with Crippen molar-refractivity contribution in [3.05, 3.63) is 35.8 Å². The molecule has 2 aromatic heterocycles. The molecule has 3 N–H and O–H groups in total. The van der Waals surface area contributed by atoms with Gasteiger partial charge in [0, 0.05) is 5.57 Å². The van der Waals surface area contributed by atoms with Crippen LogP contribution in [-0.2, 0) is 4.74 Å². The van der Waals surface area contributed by atoms with Crippen LogP contribution >= 0.6 is 22.6 Å². The molecular weight excluding hydrogens is 385 g/mol. The van der Waals surface area contributed by atoms with Crippen molar-refractivity contribution >= 4 is 33.9 Å². The van der Waals surface area contributed by atoms with Gasteiger partial charge in [-0.3, -0.25) is 0 Å². The first-order valence-corrected chi connectivity index (χ1v) is 6.86. The Kier molecular flexibility index (Phi) is 3.34. The highest BCUT2D eigenvalue weighted by Crippen LogP contribution is 2.40. The first kappa shape index (κ1) is 13.6. The van der Waals surface area contributed by atoms with Crippen LogP contribution in [0, 0.1) is 6.08 Å². The molecule has 0 amide bonds. The minimum Gasteiger partial charge on any atom is -0.385 e. The number of hydrogen-bond donors (Lipinski definition) is 2. The Balaban J connectivity index is 2.16. The van der Waals surface area contributed by atoms with E-state index in [4.69, 9.17) is 10.5 Å². The Hall–Kier alpha value is -1.33. The van der Waals surface area contributed by atoms with Gasteiger partial charge in [-0.15, -0.1) is 5.10 Å². The zero-order valence-electron chi connectivity index (χ0n) is 9.87. The SMILES string of the molecule is Nc1nc(F)nn2c([C@H]3OC(I)[C@H](O)C3=CF)ccc12. The summed E-state index contributed by atoms with van der Waals surface area (Å²) >= 11 is 1.85. The van der Waals surface area contributed by atoms with E-state index in [9.17, 15) is 13.9 Å².